The summed E-state index contributed by atoms with van der Waals surface area (Å²) in [5.74, 6) is -0.259. The van der Waals surface area contributed by atoms with E-state index >= 15 is 0 Å². The lowest BCUT2D eigenvalue weighted by molar-refractivity contribution is 0.0976. The topological polar surface area (TPSA) is 74.6 Å². The first kappa shape index (κ1) is 15.6. The van der Waals surface area contributed by atoms with Crippen molar-refractivity contribution in [1.82, 2.24) is 0 Å². The largest absolute Gasteiger partial charge is 0.333 e. The standard InChI is InChI=1S/C16H17O4P/c1-12-7-5-6-10-14(12)15(17)11-16(21(18,19)20)13-8-3-2-4-9-13/h2-10,16H,11H2,1H3,(H2,18,19,20). The van der Waals surface area contributed by atoms with Crippen molar-refractivity contribution in [2.24, 2.45) is 0 Å². The Bertz CT molecular complexity index is 676. The molecule has 0 spiro atoms. The Labute approximate surface area is 123 Å². The molecule has 110 valence electrons. The van der Waals surface area contributed by atoms with Crippen LogP contribution < -0.4 is 0 Å². The van der Waals surface area contributed by atoms with Crippen molar-refractivity contribution in [3.8, 4) is 0 Å². The predicted octanol–water partition coefficient (Wildman–Crippen LogP) is 3.49. The van der Waals surface area contributed by atoms with Crippen LogP contribution in [0.5, 0.6) is 0 Å². The van der Waals surface area contributed by atoms with Crippen LogP contribution in [-0.2, 0) is 4.57 Å². The zero-order valence-corrected chi connectivity index (χ0v) is 12.5. The minimum Gasteiger partial charge on any atom is -0.324 e. The molecule has 2 rings (SSSR count). The molecular formula is C16H17O4P. The molecule has 0 saturated carbocycles. The summed E-state index contributed by atoms with van der Waals surface area (Å²) in [4.78, 5) is 31.5. The van der Waals surface area contributed by atoms with Gasteiger partial charge in [0.15, 0.2) is 5.78 Å². The Morgan fingerprint density at radius 1 is 1.05 bits per heavy atom. The van der Waals surface area contributed by atoms with E-state index < -0.39 is 13.3 Å². The third-order valence-corrected chi connectivity index (χ3v) is 4.71. The molecule has 0 heterocycles. The smallest absolute Gasteiger partial charge is 0.324 e. The Morgan fingerprint density at radius 3 is 2.19 bits per heavy atom. The van der Waals surface area contributed by atoms with Crippen molar-refractivity contribution in [1.29, 1.82) is 0 Å². The molecule has 2 N–H and O–H groups in total. The lowest BCUT2D eigenvalue weighted by atomic mass is 9.99. The summed E-state index contributed by atoms with van der Waals surface area (Å²) in [6.45, 7) is 1.81. The average Bonchev–Trinajstić information content (AvgIpc) is 2.44. The normalized spacial score (nSPS) is 12.9. The zero-order chi connectivity index (χ0) is 15.5. The number of ketones is 1. The molecule has 0 aliphatic heterocycles. The lowest BCUT2D eigenvalue weighted by Crippen LogP contribution is -2.09. The van der Waals surface area contributed by atoms with Crippen molar-refractivity contribution in [2.75, 3.05) is 0 Å². The fourth-order valence-corrected chi connectivity index (χ4v) is 3.24. The minimum absolute atomic E-state index is 0.209. The number of hydrogen-bond donors (Lipinski definition) is 2. The number of rotatable bonds is 5. The highest BCUT2D eigenvalue weighted by Gasteiger charge is 2.32. The molecule has 0 bridgehead atoms. The third-order valence-electron chi connectivity index (χ3n) is 3.41. The summed E-state index contributed by atoms with van der Waals surface area (Å²) in [6, 6.07) is 15.5. The molecule has 1 unspecified atom stereocenters. The zero-order valence-electron chi connectivity index (χ0n) is 11.6. The molecule has 0 aliphatic carbocycles. The van der Waals surface area contributed by atoms with Crippen LogP contribution in [-0.4, -0.2) is 15.6 Å². The van der Waals surface area contributed by atoms with Gasteiger partial charge in [-0.3, -0.25) is 9.36 Å². The van der Waals surface area contributed by atoms with Gasteiger partial charge in [0, 0.05) is 12.0 Å². The van der Waals surface area contributed by atoms with E-state index in [9.17, 15) is 19.1 Å². The Balaban J connectivity index is 2.31. The summed E-state index contributed by atoms with van der Waals surface area (Å²) in [5.41, 5.74) is 0.686. The maximum absolute atomic E-state index is 12.4. The van der Waals surface area contributed by atoms with E-state index in [1.807, 2.05) is 19.1 Å². The van der Waals surface area contributed by atoms with Gasteiger partial charge in [-0.2, -0.15) is 0 Å². The molecule has 0 radical (unpaired) electrons. The number of hydrogen-bond acceptors (Lipinski definition) is 2. The molecule has 2 aromatic rings. The summed E-state index contributed by atoms with van der Waals surface area (Å²) in [7, 11) is -4.41. The molecule has 0 fully saturated rings. The Hall–Kier alpha value is -1.74. The highest BCUT2D eigenvalue weighted by Crippen LogP contribution is 2.54. The van der Waals surface area contributed by atoms with Gasteiger partial charge in [-0.25, -0.2) is 0 Å². The molecule has 21 heavy (non-hydrogen) atoms. The molecule has 1 atom stereocenters. The van der Waals surface area contributed by atoms with Gasteiger partial charge < -0.3 is 9.79 Å². The molecular weight excluding hydrogens is 287 g/mol. The van der Waals surface area contributed by atoms with Crippen LogP contribution in [0.1, 0.15) is 33.6 Å². The summed E-state index contributed by atoms with van der Waals surface area (Å²) in [6.07, 6.45) is -0.209. The highest BCUT2D eigenvalue weighted by atomic mass is 31.2. The minimum atomic E-state index is -4.41. The molecule has 0 amide bonds. The van der Waals surface area contributed by atoms with Crippen molar-refractivity contribution in [2.45, 2.75) is 19.0 Å². The molecule has 5 heteroatoms. The first-order valence-electron chi connectivity index (χ1n) is 6.58. The number of benzene rings is 2. The van der Waals surface area contributed by atoms with E-state index in [4.69, 9.17) is 0 Å². The fourth-order valence-electron chi connectivity index (χ4n) is 2.28. The van der Waals surface area contributed by atoms with Gasteiger partial charge in [0.25, 0.3) is 0 Å². The first-order valence-corrected chi connectivity index (χ1v) is 8.26. The number of carbonyl (C=O) groups is 1. The summed E-state index contributed by atoms with van der Waals surface area (Å²) >= 11 is 0. The van der Waals surface area contributed by atoms with E-state index in [-0.39, 0.29) is 12.2 Å². The van der Waals surface area contributed by atoms with Gasteiger partial charge in [0.05, 0.1) is 5.66 Å². The van der Waals surface area contributed by atoms with Gasteiger partial charge in [0.2, 0.25) is 0 Å². The average molecular weight is 304 g/mol. The van der Waals surface area contributed by atoms with Crippen LogP contribution >= 0.6 is 7.60 Å². The Morgan fingerprint density at radius 2 is 1.62 bits per heavy atom. The monoisotopic (exact) mass is 304 g/mol. The van der Waals surface area contributed by atoms with Gasteiger partial charge >= 0.3 is 7.60 Å². The van der Waals surface area contributed by atoms with Crippen molar-refractivity contribution in [3.63, 3.8) is 0 Å². The van der Waals surface area contributed by atoms with Crippen LogP contribution in [0.25, 0.3) is 0 Å². The summed E-state index contributed by atoms with van der Waals surface area (Å²) < 4.78 is 11.7. The fraction of sp³-hybridized carbons (Fsp3) is 0.188. The molecule has 4 nitrogen and oxygen atoms in total. The highest BCUT2D eigenvalue weighted by molar-refractivity contribution is 7.52. The molecule has 2 aromatic carbocycles. The number of Topliss-reactive ketones (excluding diaryl/α,β-unsaturated/α-hetero) is 1. The Kier molecular flexibility index (Phi) is 4.73. The maximum atomic E-state index is 12.4. The second-order valence-corrected chi connectivity index (χ2v) is 6.76. The number of carbonyl (C=O) groups excluding carboxylic acids is 1. The van der Waals surface area contributed by atoms with Crippen molar-refractivity contribution in [3.05, 3.63) is 71.3 Å². The van der Waals surface area contributed by atoms with E-state index in [0.29, 0.717) is 11.1 Å². The van der Waals surface area contributed by atoms with Gasteiger partial charge in [-0.05, 0) is 18.1 Å². The molecule has 0 saturated heterocycles. The third kappa shape index (κ3) is 3.88. The van der Waals surface area contributed by atoms with Crippen LogP contribution in [0.15, 0.2) is 54.6 Å². The van der Waals surface area contributed by atoms with Gasteiger partial charge in [-0.1, -0.05) is 54.6 Å². The van der Waals surface area contributed by atoms with E-state index in [1.165, 1.54) is 0 Å². The van der Waals surface area contributed by atoms with Crippen LogP contribution in [0, 0.1) is 6.92 Å². The maximum Gasteiger partial charge on any atom is 0.333 e. The van der Waals surface area contributed by atoms with E-state index in [2.05, 4.69) is 0 Å². The second-order valence-electron chi connectivity index (χ2n) is 4.96. The van der Waals surface area contributed by atoms with Crippen molar-refractivity contribution < 1.29 is 19.1 Å². The second kappa shape index (κ2) is 6.35. The van der Waals surface area contributed by atoms with Crippen LogP contribution in [0.2, 0.25) is 0 Å². The molecule has 0 aromatic heterocycles. The number of aryl methyl sites for hydroxylation is 1. The van der Waals surface area contributed by atoms with Gasteiger partial charge in [0.1, 0.15) is 0 Å². The van der Waals surface area contributed by atoms with E-state index in [0.717, 1.165) is 5.56 Å². The van der Waals surface area contributed by atoms with E-state index in [1.54, 1.807) is 42.5 Å². The van der Waals surface area contributed by atoms with Crippen LogP contribution in [0.4, 0.5) is 0 Å². The predicted molar refractivity (Wildman–Crippen MR) is 81.4 cm³/mol. The lowest BCUT2D eigenvalue weighted by Gasteiger charge is -2.18. The SMILES string of the molecule is Cc1ccccc1C(=O)CC(c1ccccc1)P(=O)(O)O. The first-order chi connectivity index (χ1) is 9.89. The quantitative estimate of drug-likeness (QED) is 0.655. The van der Waals surface area contributed by atoms with Gasteiger partial charge in [-0.15, -0.1) is 0 Å². The van der Waals surface area contributed by atoms with Crippen LogP contribution in [0.3, 0.4) is 0 Å². The van der Waals surface area contributed by atoms with Crippen molar-refractivity contribution >= 4 is 13.4 Å². The summed E-state index contributed by atoms with van der Waals surface area (Å²) in [5, 5.41) is 0. The molecule has 0 aliphatic rings.